The van der Waals surface area contributed by atoms with Gasteiger partial charge in [-0.3, -0.25) is 9.10 Å². The number of sulfonamides is 1. The van der Waals surface area contributed by atoms with Crippen molar-refractivity contribution in [2.24, 2.45) is 0 Å². The van der Waals surface area contributed by atoms with Gasteiger partial charge in [-0.25, -0.2) is 13.2 Å². The third-order valence-corrected chi connectivity index (χ3v) is 5.90. The van der Waals surface area contributed by atoms with Crippen molar-refractivity contribution in [3.63, 3.8) is 0 Å². The molecular weight excluding hydrogens is 370 g/mol. The molecule has 3 rings (SSSR count). The highest BCUT2D eigenvalue weighted by Gasteiger charge is 2.40. The van der Waals surface area contributed by atoms with E-state index in [4.69, 9.17) is 9.47 Å². The number of carbonyl (C=O) groups excluding carboxylic acids is 2. The summed E-state index contributed by atoms with van der Waals surface area (Å²) in [5.41, 5.74) is 0.516. The summed E-state index contributed by atoms with van der Waals surface area (Å²) in [6, 6.07) is 15.0. The average molecular weight is 387 g/mol. The Morgan fingerprint density at radius 3 is 2.30 bits per heavy atom. The first-order chi connectivity index (χ1) is 12.9. The molecule has 0 amide bonds. The topological polar surface area (TPSA) is 90.0 Å². The molecular formula is C19H17NO6S. The van der Waals surface area contributed by atoms with Gasteiger partial charge in [0.25, 0.3) is 10.0 Å². The molecule has 0 atom stereocenters. The first-order valence-corrected chi connectivity index (χ1v) is 9.45. The predicted molar refractivity (Wildman–Crippen MR) is 96.6 cm³/mol. The van der Waals surface area contributed by atoms with Crippen LogP contribution in [-0.2, 0) is 35.5 Å². The maximum absolute atomic E-state index is 12.7. The number of rotatable bonds is 4. The van der Waals surface area contributed by atoms with Crippen LogP contribution >= 0.6 is 0 Å². The summed E-state index contributed by atoms with van der Waals surface area (Å²) in [4.78, 5) is 24.6. The highest BCUT2D eigenvalue weighted by molar-refractivity contribution is 7.89. The average Bonchev–Trinajstić information content (AvgIpc) is 2.67. The molecule has 0 bridgehead atoms. The van der Waals surface area contributed by atoms with Crippen LogP contribution in [-0.4, -0.2) is 38.8 Å². The van der Waals surface area contributed by atoms with Crippen LogP contribution in [0.15, 0.2) is 65.2 Å². The van der Waals surface area contributed by atoms with Crippen molar-refractivity contribution in [2.45, 2.75) is 11.3 Å². The van der Waals surface area contributed by atoms with E-state index in [0.29, 0.717) is 0 Å². The van der Waals surface area contributed by atoms with Gasteiger partial charge in [0.05, 0.1) is 18.4 Å². The van der Waals surface area contributed by atoms with E-state index < -0.39 is 22.0 Å². The lowest BCUT2D eigenvalue weighted by atomic mass is 10.1. The number of carbonyl (C=O) groups is 2. The molecule has 0 saturated heterocycles. The summed E-state index contributed by atoms with van der Waals surface area (Å²) in [5, 5.41) is 0. The maximum atomic E-state index is 12.7. The van der Waals surface area contributed by atoms with Gasteiger partial charge >= 0.3 is 11.9 Å². The predicted octanol–water partition coefficient (Wildman–Crippen LogP) is 1.95. The Balaban J connectivity index is 2.08. The Morgan fingerprint density at radius 1 is 1.00 bits per heavy atom. The minimum atomic E-state index is -3.97. The molecule has 0 fully saturated rings. The number of fused-ring (bicyclic) bond motifs is 1. The van der Waals surface area contributed by atoms with E-state index in [2.05, 4.69) is 0 Å². The standard InChI is InChI=1S/C19H17NO6S/c1-20-17(19(22)25-2)18(14-10-6-7-11-15(14)27(20,23)24)26-16(21)12-13-8-4-3-5-9-13/h3-11H,12H2,1-2H3. The first-order valence-electron chi connectivity index (χ1n) is 8.01. The minimum Gasteiger partial charge on any atom is -0.464 e. The van der Waals surface area contributed by atoms with Crippen LogP contribution in [0.3, 0.4) is 0 Å². The number of ether oxygens (including phenoxy) is 2. The Labute approximate surface area is 156 Å². The van der Waals surface area contributed by atoms with Crippen LogP contribution in [0, 0.1) is 0 Å². The molecule has 0 spiro atoms. The number of nitrogens with zero attached hydrogens (tertiary/aromatic N) is 1. The molecule has 140 valence electrons. The van der Waals surface area contributed by atoms with Crippen LogP contribution in [0.4, 0.5) is 0 Å². The molecule has 0 saturated carbocycles. The van der Waals surface area contributed by atoms with Crippen molar-refractivity contribution >= 4 is 27.7 Å². The molecule has 2 aromatic rings. The molecule has 1 aliphatic heterocycles. The van der Waals surface area contributed by atoms with E-state index in [9.17, 15) is 18.0 Å². The zero-order valence-electron chi connectivity index (χ0n) is 14.7. The number of likely N-dealkylation sites (N-methyl/N-ethyl adjacent to an activating group) is 1. The maximum Gasteiger partial charge on any atom is 0.359 e. The molecule has 0 radical (unpaired) electrons. The zero-order valence-corrected chi connectivity index (χ0v) is 15.5. The van der Waals surface area contributed by atoms with E-state index in [-0.39, 0.29) is 28.3 Å². The largest absolute Gasteiger partial charge is 0.464 e. The smallest absolute Gasteiger partial charge is 0.359 e. The quantitative estimate of drug-likeness (QED) is 0.745. The van der Waals surface area contributed by atoms with Crippen molar-refractivity contribution < 1.29 is 27.5 Å². The summed E-state index contributed by atoms with van der Waals surface area (Å²) < 4.78 is 36.3. The fourth-order valence-corrected chi connectivity index (χ4v) is 4.13. The number of hydrogen-bond donors (Lipinski definition) is 0. The number of hydrogen-bond acceptors (Lipinski definition) is 6. The Bertz CT molecular complexity index is 1030. The fraction of sp³-hybridized carbons (Fsp3) is 0.158. The van der Waals surface area contributed by atoms with Gasteiger partial charge in [0, 0.05) is 12.6 Å². The van der Waals surface area contributed by atoms with Crippen LogP contribution in [0.5, 0.6) is 0 Å². The Kier molecular flexibility index (Phi) is 5.00. The van der Waals surface area contributed by atoms with Crippen LogP contribution in [0.1, 0.15) is 11.1 Å². The Morgan fingerprint density at radius 2 is 1.63 bits per heavy atom. The molecule has 1 aliphatic rings. The fourth-order valence-electron chi connectivity index (χ4n) is 2.75. The summed E-state index contributed by atoms with van der Waals surface area (Å²) in [6.45, 7) is 0. The molecule has 7 nitrogen and oxygen atoms in total. The second-order valence-electron chi connectivity index (χ2n) is 5.77. The van der Waals surface area contributed by atoms with E-state index in [1.807, 2.05) is 6.07 Å². The Hall–Kier alpha value is -3.13. The molecule has 0 aliphatic carbocycles. The van der Waals surface area contributed by atoms with Gasteiger partial charge in [0.2, 0.25) is 0 Å². The number of methoxy groups -OCH3 is 1. The highest BCUT2D eigenvalue weighted by Crippen LogP contribution is 2.37. The lowest BCUT2D eigenvalue weighted by Gasteiger charge is -2.29. The first kappa shape index (κ1) is 18.7. The van der Waals surface area contributed by atoms with Gasteiger partial charge in [-0.2, -0.15) is 0 Å². The van der Waals surface area contributed by atoms with Crippen molar-refractivity contribution in [1.29, 1.82) is 0 Å². The van der Waals surface area contributed by atoms with Gasteiger partial charge in [0.1, 0.15) is 0 Å². The summed E-state index contributed by atoms with van der Waals surface area (Å²) in [5.74, 6) is -1.69. The van der Waals surface area contributed by atoms with Crippen molar-refractivity contribution in [3.05, 3.63) is 71.4 Å². The molecule has 8 heteroatoms. The van der Waals surface area contributed by atoms with Crippen LogP contribution in [0.25, 0.3) is 5.76 Å². The normalized spacial score (nSPS) is 15.1. The van der Waals surface area contributed by atoms with E-state index in [1.165, 1.54) is 19.2 Å². The van der Waals surface area contributed by atoms with Gasteiger partial charge in [-0.1, -0.05) is 42.5 Å². The number of esters is 2. The third kappa shape index (κ3) is 3.43. The third-order valence-electron chi connectivity index (χ3n) is 4.09. The van der Waals surface area contributed by atoms with Gasteiger partial charge in [-0.15, -0.1) is 0 Å². The monoisotopic (exact) mass is 387 g/mol. The lowest BCUT2D eigenvalue weighted by Crippen LogP contribution is -2.36. The SMILES string of the molecule is COC(=O)C1=C(OC(=O)Cc2ccccc2)c2ccccc2S(=O)(=O)N1C. The zero-order chi connectivity index (χ0) is 19.6. The van der Waals surface area contributed by atoms with E-state index in [1.54, 1.807) is 36.4 Å². The van der Waals surface area contributed by atoms with Crippen LogP contribution in [0.2, 0.25) is 0 Å². The minimum absolute atomic E-state index is 0.0303. The van der Waals surface area contributed by atoms with Crippen LogP contribution < -0.4 is 0 Å². The van der Waals surface area contributed by atoms with Crippen molar-refractivity contribution in [3.8, 4) is 0 Å². The second-order valence-corrected chi connectivity index (χ2v) is 7.71. The van der Waals surface area contributed by atoms with Gasteiger partial charge in [0.15, 0.2) is 11.5 Å². The summed E-state index contributed by atoms with van der Waals surface area (Å²) in [6.07, 6.45) is -0.0303. The van der Waals surface area contributed by atoms with E-state index in [0.717, 1.165) is 17.0 Å². The molecule has 0 unspecified atom stereocenters. The highest BCUT2D eigenvalue weighted by atomic mass is 32.2. The summed E-state index contributed by atoms with van der Waals surface area (Å²) in [7, 11) is -1.63. The molecule has 27 heavy (non-hydrogen) atoms. The van der Waals surface area contributed by atoms with Crippen molar-refractivity contribution in [1.82, 2.24) is 4.31 Å². The van der Waals surface area contributed by atoms with E-state index >= 15 is 0 Å². The molecule has 2 aromatic carbocycles. The molecule has 1 heterocycles. The van der Waals surface area contributed by atoms with Gasteiger partial charge < -0.3 is 9.47 Å². The van der Waals surface area contributed by atoms with Gasteiger partial charge in [-0.05, 0) is 17.7 Å². The van der Waals surface area contributed by atoms with Crippen molar-refractivity contribution in [2.75, 3.05) is 14.2 Å². The number of benzene rings is 2. The second kappa shape index (κ2) is 7.24. The lowest BCUT2D eigenvalue weighted by molar-refractivity contribution is -0.138. The molecule has 0 N–H and O–H groups in total. The summed E-state index contributed by atoms with van der Waals surface area (Å²) >= 11 is 0. The molecule has 0 aromatic heterocycles.